The van der Waals surface area contributed by atoms with Crippen molar-refractivity contribution >= 4 is 29.7 Å². The lowest BCUT2D eigenvalue weighted by molar-refractivity contribution is -0.139. The van der Waals surface area contributed by atoms with Gasteiger partial charge < -0.3 is 38.3 Å². The molecule has 32 heavy (non-hydrogen) atoms. The van der Waals surface area contributed by atoms with Gasteiger partial charge in [0.05, 0.1) is 6.04 Å². The third-order valence-corrected chi connectivity index (χ3v) is 4.85. The Bertz CT molecular complexity index is 665. The number of hydrogen-bond donors (Lipinski definition) is 7. The molecule has 4 atom stereocenters. The van der Waals surface area contributed by atoms with Crippen LogP contribution in [0.15, 0.2) is 4.99 Å². The lowest BCUT2D eigenvalue weighted by Crippen LogP contribution is -2.57. The van der Waals surface area contributed by atoms with E-state index in [0.717, 1.165) is 0 Å². The van der Waals surface area contributed by atoms with Crippen LogP contribution in [0, 0.1) is 11.8 Å². The van der Waals surface area contributed by atoms with Gasteiger partial charge in [-0.2, -0.15) is 0 Å². The Labute approximate surface area is 189 Å². The molecule has 4 unspecified atom stereocenters. The van der Waals surface area contributed by atoms with Crippen molar-refractivity contribution in [3.63, 3.8) is 0 Å². The summed E-state index contributed by atoms with van der Waals surface area (Å²) in [7, 11) is 0. The first-order chi connectivity index (χ1) is 14.9. The summed E-state index contributed by atoms with van der Waals surface area (Å²) in [4.78, 5) is 52.5. The maximum Gasteiger partial charge on any atom is 0.322 e. The van der Waals surface area contributed by atoms with Crippen molar-refractivity contribution in [1.82, 2.24) is 16.0 Å². The number of rotatable bonds is 15. The van der Waals surface area contributed by atoms with Crippen LogP contribution in [0.2, 0.25) is 0 Å². The Kier molecular flexibility index (Phi) is 13.6. The van der Waals surface area contributed by atoms with Crippen LogP contribution in [-0.2, 0) is 19.2 Å². The highest BCUT2D eigenvalue weighted by Crippen LogP contribution is 2.11. The average Bonchev–Trinajstić information content (AvgIpc) is 2.71. The maximum atomic E-state index is 12.9. The normalized spacial score (nSPS) is 14.6. The Balaban J connectivity index is 5.19. The number of carbonyl (C=O) groups excluding carboxylic acids is 3. The molecule has 0 spiro atoms. The maximum absolute atomic E-state index is 12.9. The summed E-state index contributed by atoms with van der Waals surface area (Å²) >= 11 is 0. The molecule has 0 aromatic heterocycles. The molecule has 0 bridgehead atoms. The van der Waals surface area contributed by atoms with E-state index in [1.807, 2.05) is 20.8 Å². The third kappa shape index (κ3) is 12.1. The Morgan fingerprint density at radius 3 is 2.12 bits per heavy atom. The highest BCUT2D eigenvalue weighted by molar-refractivity contribution is 5.93. The number of hydrogen-bond acceptors (Lipinski definition) is 6. The second-order valence-electron chi connectivity index (χ2n) is 8.23. The van der Waals surface area contributed by atoms with Gasteiger partial charge in [0, 0.05) is 6.54 Å². The topological polar surface area (TPSA) is 215 Å². The minimum atomic E-state index is -1.19. The monoisotopic (exact) mass is 457 g/mol. The van der Waals surface area contributed by atoms with E-state index in [4.69, 9.17) is 22.3 Å². The summed E-state index contributed by atoms with van der Waals surface area (Å²) in [6.45, 7) is 7.20. The SMILES string of the molecule is CCC(C)C(NC(=O)C(CC(C)C)NC(=O)C(N)CCCN=C(N)N)C(=O)NCC(=O)O. The largest absolute Gasteiger partial charge is 0.480 e. The van der Waals surface area contributed by atoms with Gasteiger partial charge in [-0.05, 0) is 31.1 Å². The molecule has 12 heteroatoms. The lowest BCUT2D eigenvalue weighted by Gasteiger charge is -2.27. The first-order valence-corrected chi connectivity index (χ1v) is 10.8. The molecule has 0 fully saturated rings. The van der Waals surface area contributed by atoms with Crippen LogP contribution in [0.5, 0.6) is 0 Å². The number of nitrogens with one attached hydrogen (secondary N) is 3. The number of guanidine groups is 1. The molecule has 0 saturated carbocycles. The molecule has 0 aliphatic heterocycles. The van der Waals surface area contributed by atoms with Crippen molar-refractivity contribution in [2.45, 2.75) is 71.5 Å². The fourth-order valence-corrected chi connectivity index (χ4v) is 2.86. The van der Waals surface area contributed by atoms with Crippen LogP contribution >= 0.6 is 0 Å². The van der Waals surface area contributed by atoms with E-state index >= 15 is 0 Å². The predicted molar refractivity (Wildman–Crippen MR) is 121 cm³/mol. The standard InChI is InChI=1S/C20H39N7O5/c1-5-12(4)16(19(32)25-10-15(28)29)27-18(31)14(9-11(2)3)26-17(30)13(21)7-6-8-24-20(22)23/h11-14,16H,5-10,21H2,1-4H3,(H,25,32)(H,26,30)(H,27,31)(H,28,29)(H4,22,23,24). The van der Waals surface area contributed by atoms with Gasteiger partial charge in [0.15, 0.2) is 5.96 Å². The van der Waals surface area contributed by atoms with Crippen molar-refractivity contribution in [3.8, 4) is 0 Å². The van der Waals surface area contributed by atoms with Crippen LogP contribution in [0.25, 0.3) is 0 Å². The van der Waals surface area contributed by atoms with Crippen LogP contribution in [0.1, 0.15) is 53.4 Å². The molecular weight excluding hydrogens is 418 g/mol. The number of nitrogens with zero attached hydrogens (tertiary/aromatic N) is 1. The van der Waals surface area contributed by atoms with Crippen molar-refractivity contribution in [1.29, 1.82) is 0 Å². The van der Waals surface area contributed by atoms with Crippen LogP contribution in [0.3, 0.4) is 0 Å². The van der Waals surface area contributed by atoms with Crippen molar-refractivity contribution < 1.29 is 24.3 Å². The lowest BCUT2D eigenvalue weighted by atomic mass is 9.96. The fraction of sp³-hybridized carbons (Fsp3) is 0.750. The second kappa shape index (κ2) is 15.0. The van der Waals surface area contributed by atoms with E-state index < -0.39 is 48.4 Å². The number of carboxylic acids is 1. The number of amides is 3. The molecular formula is C20H39N7O5. The summed E-state index contributed by atoms with van der Waals surface area (Å²) in [5, 5.41) is 16.4. The summed E-state index contributed by atoms with van der Waals surface area (Å²) in [6, 6.07) is -2.69. The minimum absolute atomic E-state index is 0.0417. The molecule has 0 aliphatic rings. The number of nitrogens with two attached hydrogens (primary N) is 3. The van der Waals surface area contributed by atoms with E-state index in [1.54, 1.807) is 6.92 Å². The molecule has 0 rings (SSSR count). The zero-order valence-corrected chi connectivity index (χ0v) is 19.4. The molecule has 12 nitrogen and oxygen atoms in total. The van der Waals surface area contributed by atoms with Crippen LogP contribution in [-0.4, -0.2) is 66.0 Å². The molecule has 0 radical (unpaired) electrons. The molecule has 0 aromatic carbocycles. The predicted octanol–water partition coefficient (Wildman–Crippen LogP) is -1.37. The van der Waals surface area contributed by atoms with E-state index in [0.29, 0.717) is 32.2 Å². The molecule has 0 heterocycles. The Morgan fingerprint density at radius 1 is 1.00 bits per heavy atom. The van der Waals surface area contributed by atoms with Crippen LogP contribution in [0.4, 0.5) is 0 Å². The third-order valence-electron chi connectivity index (χ3n) is 4.85. The van der Waals surface area contributed by atoms with Gasteiger partial charge >= 0.3 is 5.97 Å². The number of aliphatic imine (C=N–C) groups is 1. The van der Waals surface area contributed by atoms with Gasteiger partial charge in [-0.25, -0.2) is 0 Å². The van der Waals surface area contributed by atoms with Crippen molar-refractivity contribution in [2.24, 2.45) is 34.0 Å². The zero-order chi connectivity index (χ0) is 24.8. The first-order valence-electron chi connectivity index (χ1n) is 10.8. The quantitative estimate of drug-likeness (QED) is 0.0882. The summed E-state index contributed by atoms with van der Waals surface area (Å²) in [5.41, 5.74) is 16.4. The number of aliphatic carboxylic acids is 1. The number of carbonyl (C=O) groups is 4. The summed E-state index contributed by atoms with van der Waals surface area (Å²) < 4.78 is 0. The van der Waals surface area contributed by atoms with Crippen molar-refractivity contribution in [2.75, 3.05) is 13.1 Å². The van der Waals surface area contributed by atoms with E-state index in [1.165, 1.54) is 0 Å². The summed E-state index contributed by atoms with van der Waals surface area (Å²) in [6.07, 6.45) is 1.73. The average molecular weight is 458 g/mol. The summed E-state index contributed by atoms with van der Waals surface area (Å²) in [5.74, 6) is -3.03. The molecule has 0 aromatic rings. The highest BCUT2D eigenvalue weighted by Gasteiger charge is 2.31. The van der Waals surface area contributed by atoms with Gasteiger partial charge in [-0.15, -0.1) is 0 Å². The molecule has 0 saturated heterocycles. The van der Waals surface area contributed by atoms with Gasteiger partial charge in [-0.1, -0.05) is 34.1 Å². The molecule has 0 aliphatic carbocycles. The van der Waals surface area contributed by atoms with Crippen molar-refractivity contribution in [3.05, 3.63) is 0 Å². The van der Waals surface area contributed by atoms with E-state index in [9.17, 15) is 19.2 Å². The fourth-order valence-electron chi connectivity index (χ4n) is 2.86. The van der Waals surface area contributed by atoms with Gasteiger partial charge in [0.1, 0.15) is 18.6 Å². The highest BCUT2D eigenvalue weighted by atomic mass is 16.4. The number of carboxylic acid groups (broad SMARTS) is 1. The van der Waals surface area contributed by atoms with Gasteiger partial charge in [-0.3, -0.25) is 24.2 Å². The zero-order valence-electron chi connectivity index (χ0n) is 19.4. The smallest absolute Gasteiger partial charge is 0.322 e. The van der Waals surface area contributed by atoms with Gasteiger partial charge in [0.25, 0.3) is 0 Å². The molecule has 184 valence electrons. The molecule has 10 N–H and O–H groups in total. The Hall–Kier alpha value is -2.89. The van der Waals surface area contributed by atoms with Gasteiger partial charge in [0.2, 0.25) is 17.7 Å². The van der Waals surface area contributed by atoms with E-state index in [-0.39, 0.29) is 17.8 Å². The Morgan fingerprint density at radius 2 is 1.62 bits per heavy atom. The second-order valence-corrected chi connectivity index (χ2v) is 8.23. The van der Waals surface area contributed by atoms with E-state index in [2.05, 4.69) is 20.9 Å². The first kappa shape index (κ1) is 29.1. The van der Waals surface area contributed by atoms with Crippen LogP contribution < -0.4 is 33.2 Å². The molecule has 3 amide bonds. The minimum Gasteiger partial charge on any atom is -0.480 e.